The smallest absolute Gasteiger partial charge is 0.243 e. The summed E-state index contributed by atoms with van der Waals surface area (Å²) in [4.78, 5) is 2.55. The monoisotopic (exact) mass is 360 g/mol. The maximum absolute atomic E-state index is 13.0. The van der Waals surface area contributed by atoms with Crippen LogP contribution in [0, 0.1) is 5.82 Å². The largest absolute Gasteiger partial charge is 0.294 e. The Morgan fingerprint density at radius 3 is 2.32 bits per heavy atom. The molecule has 2 aromatic rings. The van der Waals surface area contributed by atoms with Gasteiger partial charge < -0.3 is 0 Å². The molecular weight excluding hydrogens is 339 g/mol. The molecule has 2 aromatic carbocycles. The molecule has 1 aliphatic heterocycles. The van der Waals surface area contributed by atoms with Crippen molar-refractivity contribution in [3.63, 3.8) is 0 Å². The van der Waals surface area contributed by atoms with Crippen LogP contribution in [0.1, 0.15) is 23.6 Å². The van der Waals surface area contributed by atoms with Crippen LogP contribution in [0.5, 0.6) is 0 Å². The van der Waals surface area contributed by atoms with Crippen LogP contribution in [0.2, 0.25) is 0 Å². The SMILES string of the molecule is O=S(=O)(c1ccc(F)cc1)N1CCN(C2CCc3ccccc32)CC1. The Morgan fingerprint density at radius 2 is 1.60 bits per heavy atom. The van der Waals surface area contributed by atoms with Gasteiger partial charge in [-0.15, -0.1) is 0 Å². The van der Waals surface area contributed by atoms with Gasteiger partial charge in [0.1, 0.15) is 5.82 Å². The molecule has 1 atom stereocenters. The number of hydrogen-bond donors (Lipinski definition) is 0. The zero-order valence-electron chi connectivity index (χ0n) is 13.9. The van der Waals surface area contributed by atoms with Crippen molar-refractivity contribution in [2.75, 3.05) is 26.2 Å². The number of rotatable bonds is 3. The van der Waals surface area contributed by atoms with Crippen LogP contribution in [0.4, 0.5) is 4.39 Å². The molecule has 1 fully saturated rings. The number of fused-ring (bicyclic) bond motifs is 1. The van der Waals surface area contributed by atoms with Crippen LogP contribution in [0.15, 0.2) is 53.4 Å². The van der Waals surface area contributed by atoms with Crippen LogP contribution in [-0.2, 0) is 16.4 Å². The van der Waals surface area contributed by atoms with E-state index in [1.165, 1.54) is 39.7 Å². The molecule has 1 aliphatic carbocycles. The molecule has 0 saturated carbocycles. The van der Waals surface area contributed by atoms with E-state index in [2.05, 4.69) is 29.2 Å². The summed E-state index contributed by atoms with van der Waals surface area (Å²) >= 11 is 0. The van der Waals surface area contributed by atoms with E-state index in [0.717, 1.165) is 25.9 Å². The fourth-order valence-electron chi connectivity index (χ4n) is 3.93. The summed E-state index contributed by atoms with van der Waals surface area (Å²) in [6.07, 6.45) is 2.19. The first-order valence-electron chi connectivity index (χ1n) is 8.63. The van der Waals surface area contributed by atoms with Gasteiger partial charge in [0.2, 0.25) is 10.0 Å². The molecule has 6 heteroatoms. The Hall–Kier alpha value is -1.76. The number of nitrogens with zero attached hydrogens (tertiary/aromatic N) is 2. The quantitative estimate of drug-likeness (QED) is 0.845. The van der Waals surface area contributed by atoms with Crippen molar-refractivity contribution in [3.05, 3.63) is 65.5 Å². The van der Waals surface area contributed by atoms with Crippen LogP contribution in [-0.4, -0.2) is 43.8 Å². The van der Waals surface area contributed by atoms with Gasteiger partial charge in [0.25, 0.3) is 0 Å². The normalized spacial score (nSPS) is 22.0. The van der Waals surface area contributed by atoms with Crippen molar-refractivity contribution in [1.29, 1.82) is 0 Å². The Labute approximate surface area is 147 Å². The minimum absolute atomic E-state index is 0.161. The second-order valence-electron chi connectivity index (χ2n) is 6.65. The number of piperazine rings is 1. The second-order valence-corrected chi connectivity index (χ2v) is 8.59. The second kappa shape index (κ2) is 6.52. The predicted octanol–water partition coefficient (Wildman–Crippen LogP) is 2.82. The van der Waals surface area contributed by atoms with Crippen LogP contribution < -0.4 is 0 Å². The van der Waals surface area contributed by atoms with Gasteiger partial charge in [-0.25, -0.2) is 12.8 Å². The number of hydrogen-bond acceptors (Lipinski definition) is 3. The number of halogens is 1. The van der Waals surface area contributed by atoms with Gasteiger partial charge in [-0.3, -0.25) is 4.90 Å². The van der Waals surface area contributed by atoms with Crippen LogP contribution >= 0.6 is 0 Å². The highest BCUT2D eigenvalue weighted by atomic mass is 32.2. The minimum atomic E-state index is -3.55. The summed E-state index contributed by atoms with van der Waals surface area (Å²) in [5.74, 6) is -0.427. The standard InChI is InChI=1S/C19H21FN2O2S/c20-16-6-8-17(9-7-16)25(23,24)22-13-11-21(12-14-22)19-10-5-15-3-1-2-4-18(15)19/h1-4,6-9,19H,5,10-14H2. The summed E-state index contributed by atoms with van der Waals surface area (Å²) in [5, 5.41) is 0. The molecule has 1 heterocycles. The molecule has 132 valence electrons. The molecule has 25 heavy (non-hydrogen) atoms. The molecular formula is C19H21FN2O2S. The number of aryl methyl sites for hydroxylation is 1. The minimum Gasteiger partial charge on any atom is -0.294 e. The average Bonchev–Trinajstić information content (AvgIpc) is 3.06. The van der Waals surface area contributed by atoms with Crippen molar-refractivity contribution in [2.24, 2.45) is 0 Å². The van der Waals surface area contributed by atoms with Crippen molar-refractivity contribution in [1.82, 2.24) is 9.21 Å². The maximum atomic E-state index is 13.0. The summed E-state index contributed by atoms with van der Waals surface area (Å²) in [6, 6.07) is 14.0. The third kappa shape index (κ3) is 3.10. The Morgan fingerprint density at radius 1 is 0.920 bits per heavy atom. The average molecular weight is 360 g/mol. The van der Waals surface area contributed by atoms with E-state index in [-0.39, 0.29) is 4.90 Å². The predicted molar refractivity (Wildman–Crippen MR) is 94.2 cm³/mol. The van der Waals surface area contributed by atoms with E-state index >= 15 is 0 Å². The lowest BCUT2D eigenvalue weighted by Gasteiger charge is -2.37. The van der Waals surface area contributed by atoms with Crippen molar-refractivity contribution in [3.8, 4) is 0 Å². The first-order valence-corrected chi connectivity index (χ1v) is 10.1. The summed E-state index contributed by atoms with van der Waals surface area (Å²) in [5.41, 5.74) is 2.80. The van der Waals surface area contributed by atoms with E-state index in [4.69, 9.17) is 0 Å². The topological polar surface area (TPSA) is 40.6 Å². The van der Waals surface area contributed by atoms with Gasteiger partial charge >= 0.3 is 0 Å². The van der Waals surface area contributed by atoms with Gasteiger partial charge in [0.05, 0.1) is 4.90 Å². The van der Waals surface area contributed by atoms with Gasteiger partial charge in [-0.05, 0) is 48.2 Å². The first kappa shape index (κ1) is 16.7. The van der Waals surface area contributed by atoms with Crippen LogP contribution in [0.25, 0.3) is 0 Å². The fourth-order valence-corrected chi connectivity index (χ4v) is 5.35. The zero-order valence-corrected chi connectivity index (χ0v) is 14.8. The Balaban J connectivity index is 1.46. The van der Waals surface area contributed by atoms with Gasteiger partial charge in [-0.1, -0.05) is 24.3 Å². The highest BCUT2D eigenvalue weighted by molar-refractivity contribution is 7.89. The van der Waals surface area contributed by atoms with Crippen molar-refractivity contribution in [2.45, 2.75) is 23.8 Å². The third-order valence-electron chi connectivity index (χ3n) is 5.27. The molecule has 1 saturated heterocycles. The molecule has 1 unspecified atom stereocenters. The maximum Gasteiger partial charge on any atom is 0.243 e. The molecule has 0 spiro atoms. The molecule has 0 bridgehead atoms. The van der Waals surface area contributed by atoms with Gasteiger partial charge in [0.15, 0.2) is 0 Å². The molecule has 0 aromatic heterocycles. The van der Waals surface area contributed by atoms with Crippen molar-refractivity contribution >= 4 is 10.0 Å². The van der Waals surface area contributed by atoms with E-state index in [1.807, 2.05) is 0 Å². The first-order chi connectivity index (χ1) is 12.1. The molecule has 0 amide bonds. The number of sulfonamides is 1. The summed E-state index contributed by atoms with van der Waals surface area (Å²) in [7, 11) is -3.55. The summed E-state index contributed by atoms with van der Waals surface area (Å²) < 4.78 is 40.0. The lowest BCUT2D eigenvalue weighted by atomic mass is 10.1. The van der Waals surface area contributed by atoms with E-state index in [9.17, 15) is 12.8 Å². The van der Waals surface area contributed by atoms with Crippen molar-refractivity contribution < 1.29 is 12.8 Å². The Kier molecular flexibility index (Phi) is 4.35. The molecule has 2 aliphatic rings. The molecule has 0 N–H and O–H groups in total. The van der Waals surface area contributed by atoms with E-state index < -0.39 is 15.8 Å². The van der Waals surface area contributed by atoms with E-state index in [0.29, 0.717) is 19.1 Å². The molecule has 4 nitrogen and oxygen atoms in total. The highest BCUT2D eigenvalue weighted by Crippen LogP contribution is 2.36. The lowest BCUT2D eigenvalue weighted by molar-refractivity contribution is 0.137. The number of benzene rings is 2. The zero-order chi connectivity index (χ0) is 17.4. The third-order valence-corrected chi connectivity index (χ3v) is 7.18. The lowest BCUT2D eigenvalue weighted by Crippen LogP contribution is -2.49. The molecule has 0 radical (unpaired) electrons. The van der Waals surface area contributed by atoms with E-state index in [1.54, 1.807) is 0 Å². The highest BCUT2D eigenvalue weighted by Gasteiger charge is 2.33. The van der Waals surface area contributed by atoms with Crippen LogP contribution in [0.3, 0.4) is 0 Å². The summed E-state index contributed by atoms with van der Waals surface area (Å²) in [6.45, 7) is 2.38. The fraction of sp³-hybridized carbons (Fsp3) is 0.368. The Bertz CT molecular complexity index is 859. The van der Waals surface area contributed by atoms with Gasteiger partial charge in [-0.2, -0.15) is 4.31 Å². The van der Waals surface area contributed by atoms with Gasteiger partial charge in [0, 0.05) is 32.2 Å². The molecule has 4 rings (SSSR count).